The van der Waals surface area contributed by atoms with Gasteiger partial charge in [0.15, 0.2) is 0 Å². The molecule has 0 saturated carbocycles. The fourth-order valence-electron chi connectivity index (χ4n) is 2.50. The molecule has 0 unspecified atom stereocenters. The number of thiophene rings is 1. The molecule has 23 heavy (non-hydrogen) atoms. The Bertz CT molecular complexity index is 863. The van der Waals surface area contributed by atoms with Crippen molar-refractivity contribution < 1.29 is 14.3 Å². The summed E-state index contributed by atoms with van der Waals surface area (Å²) in [5.74, 6) is -0.414. The molecular weight excluding hydrogens is 308 g/mol. The fraction of sp³-hybridized carbons (Fsp3) is 0.105. The summed E-state index contributed by atoms with van der Waals surface area (Å²) in [5.41, 5.74) is 3.50. The van der Waals surface area contributed by atoms with Crippen LogP contribution in [0, 0.1) is 0 Å². The highest BCUT2D eigenvalue weighted by Crippen LogP contribution is 2.35. The van der Waals surface area contributed by atoms with Gasteiger partial charge in [-0.3, -0.25) is 0 Å². The second-order valence-electron chi connectivity index (χ2n) is 4.99. The van der Waals surface area contributed by atoms with Crippen LogP contribution in [0.1, 0.15) is 5.56 Å². The number of esters is 1. The van der Waals surface area contributed by atoms with Crippen LogP contribution in [0.15, 0.2) is 60.2 Å². The number of rotatable bonds is 4. The Morgan fingerprint density at radius 3 is 2.57 bits per heavy atom. The molecule has 3 rings (SSSR count). The van der Waals surface area contributed by atoms with E-state index in [4.69, 9.17) is 9.47 Å². The molecule has 1 heterocycles. The van der Waals surface area contributed by atoms with Gasteiger partial charge in [0.1, 0.15) is 5.57 Å². The number of methoxy groups -OCH3 is 2. The highest BCUT2D eigenvalue weighted by Gasteiger charge is 2.15. The van der Waals surface area contributed by atoms with Gasteiger partial charge in [0.05, 0.1) is 20.5 Å². The minimum Gasteiger partial charge on any atom is -0.503 e. The van der Waals surface area contributed by atoms with Gasteiger partial charge in [-0.1, -0.05) is 36.4 Å². The van der Waals surface area contributed by atoms with Crippen LogP contribution in [0.5, 0.6) is 0 Å². The summed E-state index contributed by atoms with van der Waals surface area (Å²) in [6, 6.07) is 16.2. The quantitative estimate of drug-likeness (QED) is 0.395. The highest BCUT2D eigenvalue weighted by atomic mass is 32.1. The Labute approximate surface area is 138 Å². The van der Waals surface area contributed by atoms with Crippen LogP contribution in [-0.2, 0) is 14.3 Å². The third-order valence-electron chi connectivity index (χ3n) is 3.61. The van der Waals surface area contributed by atoms with Crippen molar-refractivity contribution in [1.29, 1.82) is 0 Å². The van der Waals surface area contributed by atoms with Gasteiger partial charge < -0.3 is 9.47 Å². The zero-order valence-corrected chi connectivity index (χ0v) is 13.7. The monoisotopic (exact) mass is 324 g/mol. The molecule has 0 radical (unpaired) electrons. The Hall–Kier alpha value is -2.59. The van der Waals surface area contributed by atoms with E-state index in [1.165, 1.54) is 25.2 Å². The predicted molar refractivity (Wildman–Crippen MR) is 94.3 cm³/mol. The van der Waals surface area contributed by atoms with Crippen LogP contribution in [-0.4, -0.2) is 20.2 Å². The molecule has 0 N–H and O–H groups in total. The molecule has 4 heteroatoms. The second-order valence-corrected chi connectivity index (χ2v) is 5.90. The van der Waals surface area contributed by atoms with Gasteiger partial charge in [0.2, 0.25) is 0 Å². The van der Waals surface area contributed by atoms with Crippen LogP contribution >= 0.6 is 11.3 Å². The third-order valence-corrected chi connectivity index (χ3v) is 4.57. The second kappa shape index (κ2) is 6.67. The Kier molecular flexibility index (Phi) is 4.44. The van der Waals surface area contributed by atoms with E-state index >= 15 is 0 Å². The van der Waals surface area contributed by atoms with Crippen molar-refractivity contribution in [3.8, 4) is 11.1 Å². The van der Waals surface area contributed by atoms with E-state index in [1.807, 2.05) is 36.4 Å². The zero-order chi connectivity index (χ0) is 16.2. The first-order valence-electron chi connectivity index (χ1n) is 7.13. The minimum atomic E-state index is -0.414. The summed E-state index contributed by atoms with van der Waals surface area (Å²) in [5, 5.41) is 3.26. The molecule has 3 nitrogen and oxygen atoms in total. The topological polar surface area (TPSA) is 35.5 Å². The summed E-state index contributed by atoms with van der Waals surface area (Å²) in [7, 11) is 2.88. The number of ether oxygens (including phenoxy) is 2. The number of hydrogen-bond acceptors (Lipinski definition) is 4. The van der Waals surface area contributed by atoms with Gasteiger partial charge in [0.25, 0.3) is 0 Å². The lowest BCUT2D eigenvalue weighted by atomic mass is 10.0. The molecule has 2 aromatic carbocycles. The maximum Gasteiger partial charge on any atom is 0.341 e. The van der Waals surface area contributed by atoms with E-state index in [9.17, 15) is 4.79 Å². The smallest absolute Gasteiger partial charge is 0.341 e. The van der Waals surface area contributed by atoms with E-state index in [1.54, 1.807) is 11.3 Å². The number of benzene rings is 2. The molecule has 0 amide bonds. The number of fused-ring (bicyclic) bond motifs is 1. The lowest BCUT2D eigenvalue weighted by Crippen LogP contribution is -2.04. The maximum absolute atomic E-state index is 12.0. The average Bonchev–Trinajstić information content (AvgIpc) is 3.03. The Morgan fingerprint density at radius 1 is 1.09 bits per heavy atom. The standard InChI is InChI=1S/C19H16O3S/c1-21-11-16(19(20)22-2)14-8-9-18-15(10-14)17(12-23-18)13-6-4-3-5-7-13/h3-12H,1-2H3/b16-11+. The zero-order valence-electron chi connectivity index (χ0n) is 12.9. The van der Waals surface area contributed by atoms with Gasteiger partial charge in [0, 0.05) is 15.6 Å². The van der Waals surface area contributed by atoms with Gasteiger partial charge in [-0.05, 0) is 28.6 Å². The van der Waals surface area contributed by atoms with Crippen molar-refractivity contribution in [1.82, 2.24) is 0 Å². The summed E-state index contributed by atoms with van der Waals surface area (Å²) >= 11 is 1.69. The van der Waals surface area contributed by atoms with E-state index in [2.05, 4.69) is 17.5 Å². The molecule has 0 spiro atoms. The first-order chi connectivity index (χ1) is 11.2. The van der Waals surface area contributed by atoms with Crippen LogP contribution < -0.4 is 0 Å². The van der Waals surface area contributed by atoms with Gasteiger partial charge in [-0.2, -0.15) is 0 Å². The van der Waals surface area contributed by atoms with E-state index in [-0.39, 0.29) is 0 Å². The van der Waals surface area contributed by atoms with Crippen LogP contribution in [0.25, 0.3) is 26.8 Å². The molecule has 1 aromatic heterocycles. The van der Waals surface area contributed by atoms with Crippen LogP contribution in [0.3, 0.4) is 0 Å². The average molecular weight is 324 g/mol. The Balaban J connectivity index is 2.14. The largest absolute Gasteiger partial charge is 0.503 e. The normalized spacial score (nSPS) is 11.5. The van der Waals surface area contributed by atoms with Crippen LogP contribution in [0.2, 0.25) is 0 Å². The van der Waals surface area contributed by atoms with Crippen molar-refractivity contribution in [2.24, 2.45) is 0 Å². The molecular formula is C19H16O3S. The predicted octanol–water partition coefficient (Wildman–Crippen LogP) is 4.73. The van der Waals surface area contributed by atoms with Crippen molar-refractivity contribution in [3.05, 3.63) is 65.7 Å². The van der Waals surface area contributed by atoms with E-state index in [0.717, 1.165) is 22.1 Å². The number of carbonyl (C=O) groups is 1. The molecule has 0 bridgehead atoms. The highest BCUT2D eigenvalue weighted by molar-refractivity contribution is 7.17. The first-order valence-corrected chi connectivity index (χ1v) is 8.01. The van der Waals surface area contributed by atoms with E-state index < -0.39 is 5.97 Å². The van der Waals surface area contributed by atoms with Gasteiger partial charge in [-0.15, -0.1) is 11.3 Å². The SMILES string of the molecule is CO/C=C(/C(=O)OC)c1ccc2scc(-c3ccccc3)c2c1. The lowest BCUT2D eigenvalue weighted by Gasteiger charge is -2.07. The molecule has 0 saturated heterocycles. The maximum atomic E-state index is 12.0. The van der Waals surface area contributed by atoms with Crippen molar-refractivity contribution in [2.75, 3.05) is 14.2 Å². The Morgan fingerprint density at radius 2 is 1.87 bits per heavy atom. The molecule has 0 aliphatic heterocycles. The van der Waals surface area contributed by atoms with Crippen molar-refractivity contribution in [2.45, 2.75) is 0 Å². The molecule has 0 aliphatic carbocycles. The fourth-order valence-corrected chi connectivity index (χ4v) is 3.45. The summed E-state index contributed by atoms with van der Waals surface area (Å²) in [6.45, 7) is 0. The summed E-state index contributed by atoms with van der Waals surface area (Å²) in [6.07, 6.45) is 1.42. The lowest BCUT2D eigenvalue weighted by molar-refractivity contribution is -0.133. The summed E-state index contributed by atoms with van der Waals surface area (Å²) in [4.78, 5) is 12.0. The first kappa shape index (κ1) is 15.3. The van der Waals surface area contributed by atoms with Crippen molar-refractivity contribution >= 4 is 33.0 Å². The molecule has 3 aromatic rings. The molecule has 0 fully saturated rings. The van der Waals surface area contributed by atoms with Gasteiger partial charge in [-0.25, -0.2) is 4.79 Å². The molecule has 116 valence electrons. The summed E-state index contributed by atoms with van der Waals surface area (Å²) < 4.78 is 11.0. The molecule has 0 atom stereocenters. The van der Waals surface area contributed by atoms with Crippen molar-refractivity contribution in [3.63, 3.8) is 0 Å². The number of hydrogen-bond donors (Lipinski definition) is 0. The molecule has 0 aliphatic rings. The number of carbonyl (C=O) groups excluding carboxylic acids is 1. The van der Waals surface area contributed by atoms with E-state index in [0.29, 0.717) is 5.57 Å². The van der Waals surface area contributed by atoms with Crippen LogP contribution in [0.4, 0.5) is 0 Å². The third kappa shape index (κ3) is 2.98. The van der Waals surface area contributed by atoms with Gasteiger partial charge >= 0.3 is 5.97 Å². The minimum absolute atomic E-state index is 0.405.